The summed E-state index contributed by atoms with van der Waals surface area (Å²) in [5.74, 6) is 0.590. The lowest BCUT2D eigenvalue weighted by Gasteiger charge is -2.22. The molecule has 156 valence electrons. The van der Waals surface area contributed by atoms with E-state index in [1.165, 1.54) is 11.6 Å². The number of benzene rings is 2. The average molecular weight is 424 g/mol. The number of sulfonamides is 1. The lowest BCUT2D eigenvalue weighted by Crippen LogP contribution is -2.39. The van der Waals surface area contributed by atoms with Gasteiger partial charge in [0.1, 0.15) is 0 Å². The van der Waals surface area contributed by atoms with Gasteiger partial charge in [0.25, 0.3) is 0 Å². The van der Waals surface area contributed by atoms with Crippen molar-refractivity contribution in [2.75, 3.05) is 13.1 Å². The number of rotatable bonds is 5. The van der Waals surface area contributed by atoms with Crippen LogP contribution >= 0.6 is 0 Å². The van der Waals surface area contributed by atoms with Crippen molar-refractivity contribution in [3.05, 3.63) is 65.7 Å². The first-order chi connectivity index (χ1) is 13.7. The highest BCUT2D eigenvalue weighted by Gasteiger charge is 2.44. The molecule has 29 heavy (non-hydrogen) atoms. The Morgan fingerprint density at radius 2 is 1.76 bits per heavy atom. The molecule has 4 rings (SSSR count). The quantitative estimate of drug-likeness (QED) is 0.792. The van der Waals surface area contributed by atoms with E-state index in [0.29, 0.717) is 18.4 Å². The molecule has 0 radical (unpaired) electrons. The van der Waals surface area contributed by atoms with Crippen LogP contribution in [0.15, 0.2) is 59.5 Å². The van der Waals surface area contributed by atoms with Crippen molar-refractivity contribution in [1.82, 2.24) is 9.62 Å². The molecule has 2 fully saturated rings. The van der Waals surface area contributed by atoms with Crippen LogP contribution in [0.1, 0.15) is 24.0 Å². The highest BCUT2D eigenvalue weighted by molar-refractivity contribution is 7.89. The van der Waals surface area contributed by atoms with Crippen LogP contribution in [0.4, 0.5) is 13.2 Å². The zero-order chi connectivity index (χ0) is 20.6. The largest absolute Gasteiger partial charge is 0.416 e. The highest BCUT2D eigenvalue weighted by atomic mass is 32.2. The van der Waals surface area contributed by atoms with Gasteiger partial charge in [0.05, 0.1) is 10.5 Å². The van der Waals surface area contributed by atoms with E-state index in [1.807, 2.05) is 18.2 Å². The van der Waals surface area contributed by atoms with Crippen molar-refractivity contribution in [2.45, 2.75) is 36.5 Å². The first kappa shape index (κ1) is 20.4. The summed E-state index contributed by atoms with van der Waals surface area (Å²) in [5.41, 5.74) is 0.258. The number of hydrogen-bond acceptors (Lipinski definition) is 3. The Labute approximate surface area is 168 Å². The van der Waals surface area contributed by atoms with Gasteiger partial charge in [-0.1, -0.05) is 36.4 Å². The minimum atomic E-state index is -4.58. The van der Waals surface area contributed by atoms with Crippen molar-refractivity contribution >= 4 is 10.0 Å². The van der Waals surface area contributed by atoms with E-state index < -0.39 is 21.8 Å². The summed E-state index contributed by atoms with van der Waals surface area (Å²) in [6.07, 6.45) is -2.94. The summed E-state index contributed by atoms with van der Waals surface area (Å²) in [6.45, 7) is 2.53. The lowest BCUT2D eigenvalue weighted by molar-refractivity contribution is -0.137. The van der Waals surface area contributed by atoms with Crippen LogP contribution in [-0.2, 0) is 22.7 Å². The Bertz CT molecular complexity index is 963. The normalized spacial score (nSPS) is 25.3. The summed E-state index contributed by atoms with van der Waals surface area (Å²) in [7, 11) is -4.01. The van der Waals surface area contributed by atoms with Crippen molar-refractivity contribution in [2.24, 2.45) is 11.8 Å². The zero-order valence-electron chi connectivity index (χ0n) is 15.8. The number of halogens is 3. The molecule has 3 atom stereocenters. The molecular formula is C21H23F3N2O2S. The standard InChI is InChI=1S/C21H23F3N2O2S/c22-21(23,24)17-7-4-8-18(11-17)29(27,28)25-20-10-9-16-13-26(14-19(16)20)12-15-5-2-1-3-6-15/h1-8,11,16,19-20,25H,9-10,12-14H2/t16-,19?,20?/m0/s1. The number of hydrogen-bond donors (Lipinski definition) is 1. The molecule has 1 aliphatic heterocycles. The highest BCUT2D eigenvalue weighted by Crippen LogP contribution is 2.39. The van der Waals surface area contributed by atoms with Crippen molar-refractivity contribution in [3.63, 3.8) is 0 Å². The molecule has 0 aromatic heterocycles. The molecule has 2 aromatic carbocycles. The monoisotopic (exact) mass is 424 g/mol. The van der Waals surface area contributed by atoms with Crippen LogP contribution in [0.25, 0.3) is 0 Å². The third-order valence-corrected chi connectivity index (χ3v) is 7.45. The fourth-order valence-corrected chi connectivity index (χ4v) is 5.95. The van der Waals surface area contributed by atoms with Gasteiger partial charge in [-0.3, -0.25) is 4.90 Å². The fourth-order valence-electron chi connectivity index (χ4n) is 4.58. The van der Waals surface area contributed by atoms with E-state index in [9.17, 15) is 21.6 Å². The summed E-state index contributed by atoms with van der Waals surface area (Å²) >= 11 is 0. The maximum atomic E-state index is 12.9. The molecule has 1 N–H and O–H groups in total. The van der Waals surface area contributed by atoms with E-state index in [4.69, 9.17) is 0 Å². The molecule has 0 bridgehead atoms. The smallest absolute Gasteiger partial charge is 0.298 e. The molecule has 1 saturated heterocycles. The first-order valence-corrected chi connectivity index (χ1v) is 11.2. The van der Waals surface area contributed by atoms with Gasteiger partial charge < -0.3 is 0 Å². The Balaban J connectivity index is 1.45. The molecule has 2 aromatic rings. The molecule has 8 heteroatoms. The Kier molecular flexibility index (Phi) is 5.44. The van der Waals surface area contributed by atoms with Gasteiger partial charge >= 0.3 is 6.18 Å². The minimum absolute atomic E-state index is 0.180. The number of alkyl halides is 3. The van der Waals surface area contributed by atoms with E-state index >= 15 is 0 Å². The van der Waals surface area contributed by atoms with Crippen molar-refractivity contribution in [3.8, 4) is 0 Å². The van der Waals surface area contributed by atoms with Crippen LogP contribution in [0.2, 0.25) is 0 Å². The van der Waals surface area contributed by atoms with Gasteiger partial charge in [-0.05, 0) is 48.4 Å². The fraction of sp³-hybridized carbons (Fsp3) is 0.429. The van der Waals surface area contributed by atoms with Crippen LogP contribution < -0.4 is 4.72 Å². The minimum Gasteiger partial charge on any atom is -0.298 e. The second kappa shape index (κ2) is 7.74. The molecule has 1 aliphatic carbocycles. The third-order valence-electron chi connectivity index (χ3n) is 5.96. The average Bonchev–Trinajstić information content (AvgIpc) is 3.23. The van der Waals surface area contributed by atoms with Gasteiger partial charge in [0.15, 0.2) is 0 Å². The lowest BCUT2D eigenvalue weighted by atomic mass is 9.98. The molecule has 1 heterocycles. The van der Waals surface area contributed by atoms with E-state index in [-0.39, 0.29) is 16.9 Å². The predicted molar refractivity (Wildman–Crippen MR) is 103 cm³/mol. The van der Waals surface area contributed by atoms with Crippen LogP contribution in [0, 0.1) is 11.8 Å². The Hall–Kier alpha value is -1.90. The number of fused-ring (bicyclic) bond motifs is 1. The Morgan fingerprint density at radius 1 is 1.00 bits per heavy atom. The molecule has 2 aliphatic rings. The number of nitrogens with one attached hydrogen (secondary N) is 1. The van der Waals surface area contributed by atoms with Crippen molar-refractivity contribution in [1.29, 1.82) is 0 Å². The number of likely N-dealkylation sites (tertiary alicyclic amines) is 1. The topological polar surface area (TPSA) is 49.4 Å². The van der Waals surface area contributed by atoms with Gasteiger partial charge in [-0.25, -0.2) is 13.1 Å². The van der Waals surface area contributed by atoms with Gasteiger partial charge in [0, 0.05) is 25.7 Å². The van der Waals surface area contributed by atoms with Crippen LogP contribution in [-0.4, -0.2) is 32.4 Å². The maximum Gasteiger partial charge on any atom is 0.416 e. The SMILES string of the molecule is O=S(=O)(NC1CC[C@H]2CN(Cc3ccccc3)CC12)c1cccc(C(F)(F)F)c1. The molecular weight excluding hydrogens is 401 g/mol. The van der Waals surface area contributed by atoms with Gasteiger partial charge in [0.2, 0.25) is 10.0 Å². The zero-order valence-corrected chi connectivity index (χ0v) is 16.6. The first-order valence-electron chi connectivity index (χ1n) is 9.68. The third kappa shape index (κ3) is 4.49. The maximum absolute atomic E-state index is 12.9. The van der Waals surface area contributed by atoms with Crippen molar-refractivity contribution < 1.29 is 21.6 Å². The summed E-state index contributed by atoms with van der Waals surface area (Å²) in [4.78, 5) is 1.99. The Morgan fingerprint density at radius 3 is 2.48 bits per heavy atom. The van der Waals surface area contributed by atoms with E-state index in [1.54, 1.807) is 0 Å². The van der Waals surface area contributed by atoms with E-state index in [2.05, 4.69) is 21.8 Å². The summed E-state index contributed by atoms with van der Waals surface area (Å²) in [6, 6.07) is 13.8. The second-order valence-electron chi connectivity index (χ2n) is 7.93. The molecule has 4 nitrogen and oxygen atoms in total. The molecule has 1 saturated carbocycles. The van der Waals surface area contributed by atoms with Gasteiger partial charge in [-0.15, -0.1) is 0 Å². The van der Waals surface area contributed by atoms with E-state index in [0.717, 1.165) is 38.2 Å². The van der Waals surface area contributed by atoms with Crippen LogP contribution in [0.3, 0.4) is 0 Å². The van der Waals surface area contributed by atoms with Gasteiger partial charge in [-0.2, -0.15) is 13.2 Å². The summed E-state index contributed by atoms with van der Waals surface area (Å²) in [5, 5.41) is 0. The molecule has 2 unspecified atom stereocenters. The molecule has 0 spiro atoms. The predicted octanol–water partition coefficient (Wildman–Crippen LogP) is 3.89. The summed E-state index contributed by atoms with van der Waals surface area (Å²) < 4.78 is 67.0. The van der Waals surface area contributed by atoms with Crippen LogP contribution in [0.5, 0.6) is 0 Å². The number of nitrogens with zero attached hydrogens (tertiary/aromatic N) is 1. The molecule has 0 amide bonds. The second-order valence-corrected chi connectivity index (χ2v) is 9.65.